The topological polar surface area (TPSA) is 53.5 Å². The van der Waals surface area contributed by atoms with Crippen LogP contribution in [-0.2, 0) is 9.59 Å². The van der Waals surface area contributed by atoms with Crippen molar-refractivity contribution in [2.24, 2.45) is 0 Å². The molecule has 1 amide bonds. The normalized spacial score (nSPS) is 17.8. The van der Waals surface area contributed by atoms with E-state index in [2.05, 4.69) is 16.8 Å². The first-order chi connectivity index (χ1) is 9.58. The van der Waals surface area contributed by atoms with Crippen LogP contribution in [0.4, 0.5) is 0 Å². The Morgan fingerprint density at radius 2 is 1.95 bits per heavy atom. The quantitative estimate of drug-likeness (QED) is 0.776. The monoisotopic (exact) mass is 275 g/mol. The van der Waals surface area contributed by atoms with Crippen LogP contribution in [-0.4, -0.2) is 52.7 Å². The zero-order valence-electron chi connectivity index (χ0n) is 12.1. The van der Waals surface area contributed by atoms with Crippen molar-refractivity contribution in [3.8, 4) is 0 Å². The highest BCUT2D eigenvalue weighted by molar-refractivity contribution is 5.96. The largest absolute Gasteiger partial charge is 0.340 e. The lowest BCUT2D eigenvalue weighted by Crippen LogP contribution is -2.49. The Balaban J connectivity index is 1.88. The Kier molecular flexibility index (Phi) is 4.84. The van der Waals surface area contributed by atoms with Crippen LogP contribution in [0, 0.1) is 0 Å². The van der Waals surface area contributed by atoms with Gasteiger partial charge in [-0.05, 0) is 26.0 Å². The SMILES string of the molecule is CC(=O)CC(=O)N1CCN(C(C)c2ccccn2)CC1. The first kappa shape index (κ1) is 14.7. The Labute approximate surface area is 119 Å². The van der Waals surface area contributed by atoms with Gasteiger partial charge < -0.3 is 4.90 Å². The zero-order valence-corrected chi connectivity index (χ0v) is 12.1. The molecule has 2 heterocycles. The molecule has 0 aromatic carbocycles. The molecule has 1 aromatic rings. The van der Waals surface area contributed by atoms with Crippen molar-refractivity contribution in [3.05, 3.63) is 30.1 Å². The molecule has 1 saturated heterocycles. The summed E-state index contributed by atoms with van der Waals surface area (Å²) in [6.45, 7) is 6.60. The second-order valence-electron chi connectivity index (χ2n) is 5.23. The van der Waals surface area contributed by atoms with Crippen molar-refractivity contribution in [3.63, 3.8) is 0 Å². The minimum atomic E-state index is -0.0701. The lowest BCUT2D eigenvalue weighted by Gasteiger charge is -2.37. The van der Waals surface area contributed by atoms with Gasteiger partial charge in [0.2, 0.25) is 5.91 Å². The number of pyridine rings is 1. The van der Waals surface area contributed by atoms with Gasteiger partial charge in [0.25, 0.3) is 0 Å². The lowest BCUT2D eigenvalue weighted by molar-refractivity contribution is -0.136. The molecule has 5 nitrogen and oxygen atoms in total. The van der Waals surface area contributed by atoms with E-state index >= 15 is 0 Å². The van der Waals surface area contributed by atoms with Crippen molar-refractivity contribution < 1.29 is 9.59 Å². The fraction of sp³-hybridized carbons (Fsp3) is 0.533. The summed E-state index contributed by atoms with van der Waals surface area (Å²) >= 11 is 0. The zero-order chi connectivity index (χ0) is 14.5. The van der Waals surface area contributed by atoms with E-state index in [4.69, 9.17) is 0 Å². The van der Waals surface area contributed by atoms with Crippen molar-refractivity contribution in [2.45, 2.75) is 26.3 Å². The number of hydrogen-bond donors (Lipinski definition) is 0. The standard InChI is InChI=1S/C15H21N3O2/c1-12(19)11-15(20)18-9-7-17(8-10-18)13(2)14-5-3-4-6-16-14/h3-6,13H,7-11H2,1-2H3. The van der Waals surface area contributed by atoms with E-state index in [1.807, 2.05) is 18.2 Å². The van der Waals surface area contributed by atoms with Gasteiger partial charge in [0.15, 0.2) is 0 Å². The molecule has 20 heavy (non-hydrogen) atoms. The fourth-order valence-corrected chi connectivity index (χ4v) is 2.49. The fourth-order valence-electron chi connectivity index (χ4n) is 2.49. The van der Waals surface area contributed by atoms with Gasteiger partial charge >= 0.3 is 0 Å². The molecule has 0 saturated carbocycles. The molecule has 5 heteroatoms. The molecular formula is C15H21N3O2. The summed E-state index contributed by atoms with van der Waals surface area (Å²) in [5, 5.41) is 0. The molecule has 1 atom stereocenters. The van der Waals surface area contributed by atoms with Gasteiger partial charge in [-0.1, -0.05) is 6.07 Å². The summed E-state index contributed by atoms with van der Waals surface area (Å²) in [7, 11) is 0. The van der Waals surface area contributed by atoms with Gasteiger partial charge in [-0.3, -0.25) is 19.5 Å². The van der Waals surface area contributed by atoms with E-state index in [9.17, 15) is 9.59 Å². The smallest absolute Gasteiger partial charge is 0.230 e. The van der Waals surface area contributed by atoms with E-state index < -0.39 is 0 Å². The van der Waals surface area contributed by atoms with E-state index in [1.165, 1.54) is 6.92 Å². The summed E-state index contributed by atoms with van der Waals surface area (Å²) in [4.78, 5) is 31.3. The average Bonchev–Trinajstić information content (AvgIpc) is 2.47. The summed E-state index contributed by atoms with van der Waals surface area (Å²) in [5.41, 5.74) is 1.05. The molecule has 0 spiro atoms. The number of ketones is 1. The third kappa shape index (κ3) is 3.63. The number of carbonyl (C=O) groups excluding carboxylic acids is 2. The van der Waals surface area contributed by atoms with Gasteiger partial charge in [0.05, 0.1) is 12.1 Å². The molecule has 0 aliphatic carbocycles. The third-order valence-electron chi connectivity index (χ3n) is 3.73. The van der Waals surface area contributed by atoms with Crippen LogP contribution in [0.5, 0.6) is 0 Å². The molecular weight excluding hydrogens is 254 g/mol. The first-order valence-electron chi connectivity index (χ1n) is 7.00. The van der Waals surface area contributed by atoms with E-state index in [-0.39, 0.29) is 24.2 Å². The first-order valence-corrected chi connectivity index (χ1v) is 7.00. The van der Waals surface area contributed by atoms with Crippen molar-refractivity contribution in [1.82, 2.24) is 14.8 Å². The van der Waals surface area contributed by atoms with Crippen molar-refractivity contribution in [1.29, 1.82) is 0 Å². The van der Waals surface area contributed by atoms with Gasteiger partial charge in [-0.2, -0.15) is 0 Å². The van der Waals surface area contributed by atoms with Crippen LogP contribution in [0.15, 0.2) is 24.4 Å². The van der Waals surface area contributed by atoms with Gasteiger partial charge in [0, 0.05) is 38.4 Å². The van der Waals surface area contributed by atoms with Gasteiger partial charge in [-0.15, -0.1) is 0 Å². The summed E-state index contributed by atoms with van der Waals surface area (Å²) in [5.74, 6) is -0.123. The molecule has 0 radical (unpaired) electrons. The van der Waals surface area contributed by atoms with Gasteiger partial charge in [-0.25, -0.2) is 0 Å². The lowest BCUT2D eigenvalue weighted by atomic mass is 10.1. The highest BCUT2D eigenvalue weighted by Crippen LogP contribution is 2.19. The maximum absolute atomic E-state index is 11.8. The van der Waals surface area contributed by atoms with E-state index in [1.54, 1.807) is 11.1 Å². The molecule has 1 aliphatic rings. The number of aromatic nitrogens is 1. The van der Waals surface area contributed by atoms with Crippen LogP contribution in [0.25, 0.3) is 0 Å². The number of nitrogens with zero attached hydrogens (tertiary/aromatic N) is 3. The summed E-state index contributed by atoms with van der Waals surface area (Å²) in [6, 6.07) is 6.18. The molecule has 0 N–H and O–H groups in total. The van der Waals surface area contributed by atoms with Crippen LogP contribution < -0.4 is 0 Å². The second kappa shape index (κ2) is 6.61. The Morgan fingerprint density at radius 1 is 1.25 bits per heavy atom. The van der Waals surface area contributed by atoms with Crippen LogP contribution in [0.1, 0.15) is 32.0 Å². The number of rotatable bonds is 4. The highest BCUT2D eigenvalue weighted by atomic mass is 16.2. The number of amides is 1. The predicted octanol–water partition coefficient (Wildman–Crippen LogP) is 1.27. The third-order valence-corrected chi connectivity index (χ3v) is 3.73. The minimum Gasteiger partial charge on any atom is -0.340 e. The Morgan fingerprint density at radius 3 is 2.50 bits per heavy atom. The number of Topliss-reactive ketones (excluding diaryl/α,β-unsaturated/α-hetero) is 1. The van der Waals surface area contributed by atoms with E-state index in [0.717, 1.165) is 18.8 Å². The molecule has 1 aliphatic heterocycles. The minimum absolute atomic E-state index is 0.0236. The second-order valence-corrected chi connectivity index (χ2v) is 5.23. The predicted molar refractivity (Wildman–Crippen MR) is 76.1 cm³/mol. The Hall–Kier alpha value is -1.75. The number of carbonyl (C=O) groups is 2. The van der Waals surface area contributed by atoms with Gasteiger partial charge in [0.1, 0.15) is 5.78 Å². The van der Waals surface area contributed by atoms with Crippen LogP contribution in [0.3, 0.4) is 0 Å². The molecule has 1 aromatic heterocycles. The Bertz CT molecular complexity index is 467. The average molecular weight is 275 g/mol. The highest BCUT2D eigenvalue weighted by Gasteiger charge is 2.25. The summed E-state index contributed by atoms with van der Waals surface area (Å²) in [6.07, 6.45) is 1.83. The maximum atomic E-state index is 11.8. The molecule has 1 unspecified atom stereocenters. The van der Waals surface area contributed by atoms with Crippen molar-refractivity contribution in [2.75, 3.05) is 26.2 Å². The summed E-state index contributed by atoms with van der Waals surface area (Å²) < 4.78 is 0. The van der Waals surface area contributed by atoms with Crippen LogP contribution in [0.2, 0.25) is 0 Å². The molecule has 0 bridgehead atoms. The molecule has 2 rings (SSSR count). The van der Waals surface area contributed by atoms with Crippen LogP contribution >= 0.6 is 0 Å². The number of hydrogen-bond acceptors (Lipinski definition) is 4. The molecule has 1 fully saturated rings. The maximum Gasteiger partial charge on any atom is 0.230 e. The number of piperazine rings is 1. The van der Waals surface area contributed by atoms with Crippen molar-refractivity contribution >= 4 is 11.7 Å². The van der Waals surface area contributed by atoms with E-state index in [0.29, 0.717) is 13.1 Å². The molecule has 108 valence electrons.